The molecule has 2 N–H and O–H groups in total. The van der Waals surface area contributed by atoms with Gasteiger partial charge in [-0.25, -0.2) is 4.98 Å². The summed E-state index contributed by atoms with van der Waals surface area (Å²) >= 11 is 0. The van der Waals surface area contributed by atoms with Crippen LogP contribution in [-0.2, 0) is 4.79 Å². The molecule has 2 atom stereocenters. The number of amides is 1. The zero-order valence-electron chi connectivity index (χ0n) is 13.9. The van der Waals surface area contributed by atoms with Gasteiger partial charge < -0.3 is 24.3 Å². The summed E-state index contributed by atoms with van der Waals surface area (Å²) in [6.45, 7) is 0.966. The van der Waals surface area contributed by atoms with Crippen molar-refractivity contribution in [2.24, 2.45) is 5.92 Å². The fraction of sp³-hybridized carbons (Fsp3) is 0.389. The monoisotopic (exact) mass is 358 g/mol. The highest BCUT2D eigenvalue weighted by atomic mass is 16.6. The molecule has 4 rings (SSSR count). The number of oxazole rings is 1. The maximum Gasteiger partial charge on any atom is 0.306 e. The Morgan fingerprint density at radius 2 is 1.96 bits per heavy atom. The molecule has 0 bridgehead atoms. The number of benzene rings is 1. The molecule has 2 aliphatic rings. The Morgan fingerprint density at radius 3 is 2.73 bits per heavy atom. The highest BCUT2D eigenvalue weighted by molar-refractivity contribution is 5.98. The van der Waals surface area contributed by atoms with E-state index in [0.717, 1.165) is 0 Å². The van der Waals surface area contributed by atoms with Crippen LogP contribution < -0.4 is 14.8 Å². The van der Waals surface area contributed by atoms with E-state index in [0.29, 0.717) is 55.3 Å². The van der Waals surface area contributed by atoms with E-state index in [-0.39, 0.29) is 17.6 Å². The molecule has 0 spiro atoms. The molecule has 1 saturated carbocycles. The lowest BCUT2D eigenvalue weighted by Gasteiger charge is -2.18. The number of hydrogen-bond acceptors (Lipinski definition) is 6. The molecule has 8 nitrogen and oxygen atoms in total. The van der Waals surface area contributed by atoms with Gasteiger partial charge in [0.1, 0.15) is 13.2 Å². The summed E-state index contributed by atoms with van der Waals surface area (Å²) in [5.41, 5.74) is 0.826. The van der Waals surface area contributed by atoms with Crippen LogP contribution in [0.1, 0.15) is 29.8 Å². The first-order valence-electron chi connectivity index (χ1n) is 8.49. The SMILES string of the molecule is O=C(N[C@H]1CC[C@@H](C(=O)O)C1)c1ncoc1-c1ccc2c(c1)OCCO2. The summed E-state index contributed by atoms with van der Waals surface area (Å²) in [5.74, 6) is -0.0188. The lowest BCUT2D eigenvalue weighted by Crippen LogP contribution is -2.33. The van der Waals surface area contributed by atoms with Crippen LogP contribution in [0.5, 0.6) is 11.5 Å². The van der Waals surface area contributed by atoms with Gasteiger partial charge in [0, 0.05) is 11.6 Å². The summed E-state index contributed by atoms with van der Waals surface area (Å²) < 4.78 is 16.5. The van der Waals surface area contributed by atoms with Gasteiger partial charge in [-0.1, -0.05) is 0 Å². The number of hydrogen-bond donors (Lipinski definition) is 2. The largest absolute Gasteiger partial charge is 0.486 e. The number of nitrogens with zero attached hydrogens (tertiary/aromatic N) is 1. The molecule has 8 heteroatoms. The highest BCUT2D eigenvalue weighted by Gasteiger charge is 2.32. The molecular formula is C18H18N2O6. The van der Waals surface area contributed by atoms with Crippen LogP contribution in [0.25, 0.3) is 11.3 Å². The van der Waals surface area contributed by atoms with Crippen LogP contribution in [0.2, 0.25) is 0 Å². The molecule has 136 valence electrons. The maximum absolute atomic E-state index is 12.6. The van der Waals surface area contributed by atoms with Gasteiger partial charge in [0.05, 0.1) is 5.92 Å². The first-order valence-corrected chi connectivity index (χ1v) is 8.49. The molecular weight excluding hydrogens is 340 g/mol. The molecule has 1 aliphatic heterocycles. The minimum atomic E-state index is -0.819. The van der Waals surface area contributed by atoms with Gasteiger partial charge in [-0.05, 0) is 37.5 Å². The van der Waals surface area contributed by atoms with E-state index in [1.54, 1.807) is 18.2 Å². The van der Waals surface area contributed by atoms with Gasteiger partial charge >= 0.3 is 5.97 Å². The average molecular weight is 358 g/mol. The second-order valence-electron chi connectivity index (χ2n) is 6.41. The summed E-state index contributed by atoms with van der Waals surface area (Å²) in [6, 6.07) is 5.12. The minimum absolute atomic E-state index is 0.167. The maximum atomic E-state index is 12.6. The fourth-order valence-corrected chi connectivity index (χ4v) is 3.39. The Kier molecular flexibility index (Phi) is 4.24. The molecule has 1 aromatic carbocycles. The van der Waals surface area contributed by atoms with Crippen molar-refractivity contribution in [3.8, 4) is 22.8 Å². The third-order valence-electron chi connectivity index (χ3n) is 4.70. The predicted octanol–water partition coefficient (Wildman–Crippen LogP) is 2.10. The summed E-state index contributed by atoms with van der Waals surface area (Å²) in [5, 5.41) is 11.9. The minimum Gasteiger partial charge on any atom is -0.486 e. The normalized spacial score (nSPS) is 21.4. The van der Waals surface area contributed by atoms with E-state index in [1.165, 1.54) is 6.39 Å². The van der Waals surface area contributed by atoms with Crippen molar-refractivity contribution >= 4 is 11.9 Å². The van der Waals surface area contributed by atoms with Crippen molar-refractivity contribution in [2.75, 3.05) is 13.2 Å². The van der Waals surface area contributed by atoms with Crippen LogP contribution in [0, 0.1) is 5.92 Å². The highest BCUT2D eigenvalue weighted by Crippen LogP contribution is 2.35. The summed E-state index contributed by atoms with van der Waals surface area (Å²) in [4.78, 5) is 27.7. The van der Waals surface area contributed by atoms with E-state index in [9.17, 15) is 9.59 Å². The Hall–Kier alpha value is -3.03. The van der Waals surface area contributed by atoms with Crippen LogP contribution in [-0.4, -0.2) is 41.2 Å². The van der Waals surface area contributed by atoms with Crippen molar-refractivity contribution in [1.82, 2.24) is 10.3 Å². The topological polar surface area (TPSA) is 111 Å². The van der Waals surface area contributed by atoms with Crippen LogP contribution in [0.3, 0.4) is 0 Å². The number of aliphatic carboxylic acids is 1. The number of aromatic nitrogens is 1. The van der Waals surface area contributed by atoms with E-state index < -0.39 is 11.9 Å². The number of carbonyl (C=O) groups excluding carboxylic acids is 1. The molecule has 0 radical (unpaired) electrons. The Morgan fingerprint density at radius 1 is 1.15 bits per heavy atom. The summed E-state index contributed by atoms with van der Waals surface area (Å²) in [6.07, 6.45) is 2.85. The second-order valence-corrected chi connectivity index (χ2v) is 6.41. The Labute approximate surface area is 149 Å². The van der Waals surface area contributed by atoms with Crippen LogP contribution in [0.15, 0.2) is 29.0 Å². The lowest BCUT2D eigenvalue weighted by molar-refractivity contribution is -0.141. The quantitative estimate of drug-likeness (QED) is 0.861. The van der Waals surface area contributed by atoms with Gasteiger partial charge in [0.15, 0.2) is 29.3 Å². The van der Waals surface area contributed by atoms with E-state index in [2.05, 4.69) is 10.3 Å². The molecule has 1 aromatic heterocycles. The summed E-state index contributed by atoms with van der Waals surface area (Å²) in [7, 11) is 0. The average Bonchev–Trinajstić information content (AvgIpc) is 3.30. The fourth-order valence-electron chi connectivity index (χ4n) is 3.39. The van der Waals surface area contributed by atoms with Crippen molar-refractivity contribution in [3.63, 3.8) is 0 Å². The van der Waals surface area contributed by atoms with Crippen molar-refractivity contribution in [1.29, 1.82) is 0 Å². The van der Waals surface area contributed by atoms with Crippen molar-refractivity contribution in [2.45, 2.75) is 25.3 Å². The molecule has 0 unspecified atom stereocenters. The zero-order valence-corrected chi connectivity index (χ0v) is 13.9. The van der Waals surface area contributed by atoms with Gasteiger partial charge in [-0.15, -0.1) is 0 Å². The molecule has 0 saturated heterocycles. The van der Waals surface area contributed by atoms with Crippen LogP contribution >= 0.6 is 0 Å². The molecule has 1 aliphatic carbocycles. The van der Waals surface area contributed by atoms with Gasteiger partial charge in [0.2, 0.25) is 0 Å². The smallest absolute Gasteiger partial charge is 0.306 e. The second kappa shape index (κ2) is 6.70. The number of nitrogens with one attached hydrogen (secondary N) is 1. The van der Waals surface area contributed by atoms with Gasteiger partial charge in [-0.2, -0.15) is 0 Å². The molecule has 2 heterocycles. The van der Waals surface area contributed by atoms with E-state index in [1.807, 2.05) is 0 Å². The molecule has 1 amide bonds. The van der Waals surface area contributed by atoms with E-state index >= 15 is 0 Å². The van der Waals surface area contributed by atoms with Gasteiger partial charge in [-0.3, -0.25) is 9.59 Å². The lowest BCUT2D eigenvalue weighted by atomic mass is 10.1. The Bertz CT molecular complexity index is 846. The first-order chi connectivity index (χ1) is 12.6. The third kappa shape index (κ3) is 3.10. The molecule has 26 heavy (non-hydrogen) atoms. The Balaban J connectivity index is 1.52. The number of carbonyl (C=O) groups is 2. The van der Waals surface area contributed by atoms with Crippen molar-refractivity contribution < 1.29 is 28.6 Å². The van der Waals surface area contributed by atoms with Gasteiger partial charge in [0.25, 0.3) is 5.91 Å². The van der Waals surface area contributed by atoms with Crippen molar-refractivity contribution in [3.05, 3.63) is 30.3 Å². The van der Waals surface area contributed by atoms with Crippen LogP contribution in [0.4, 0.5) is 0 Å². The van der Waals surface area contributed by atoms with E-state index in [4.69, 9.17) is 19.0 Å². The molecule has 1 fully saturated rings. The number of carboxylic acid groups (broad SMARTS) is 1. The number of carboxylic acids is 1. The standard InChI is InChI=1S/C18H18N2O6/c21-17(20-12-3-1-11(7-12)18(22)23)15-16(26-9-19-15)10-2-4-13-14(8-10)25-6-5-24-13/h2,4,8-9,11-12H,1,3,5-7H2,(H,20,21)(H,22,23)/t11-,12+/m1/s1. The zero-order chi connectivity index (χ0) is 18.1. The number of rotatable bonds is 4. The predicted molar refractivity (Wildman–Crippen MR) is 89.2 cm³/mol. The first kappa shape index (κ1) is 16.4. The molecule has 2 aromatic rings. The third-order valence-corrected chi connectivity index (χ3v) is 4.70. The number of fused-ring (bicyclic) bond motifs is 1. The number of ether oxygens (including phenoxy) is 2.